The Kier molecular flexibility index (Phi) is 6.24. The third-order valence-electron chi connectivity index (χ3n) is 5.33. The zero-order valence-corrected chi connectivity index (χ0v) is 19.7. The highest BCUT2D eigenvalue weighted by atomic mass is 32.2. The number of amidine groups is 1. The Morgan fingerprint density at radius 3 is 2.42 bits per heavy atom. The lowest BCUT2D eigenvalue weighted by molar-refractivity contribution is 0.244. The number of aryl methyl sites for hydroxylation is 1. The van der Waals surface area contributed by atoms with Gasteiger partial charge < -0.3 is 0 Å². The number of amides is 1. The van der Waals surface area contributed by atoms with Crippen LogP contribution in [0.4, 0.5) is 4.79 Å². The number of hydrogen-bond acceptors (Lipinski definition) is 5. The van der Waals surface area contributed by atoms with Crippen LogP contribution in [0.3, 0.4) is 0 Å². The number of carbonyl (C=O) groups is 1. The van der Waals surface area contributed by atoms with Gasteiger partial charge in [-0.3, -0.25) is 14.3 Å². The minimum atomic E-state index is 0.00974. The van der Waals surface area contributed by atoms with Crippen LogP contribution in [0.15, 0.2) is 101 Å². The van der Waals surface area contributed by atoms with Gasteiger partial charge in [0.15, 0.2) is 0 Å². The normalized spacial score (nSPS) is 15.5. The van der Waals surface area contributed by atoms with Gasteiger partial charge >= 0.3 is 0 Å². The first kappa shape index (κ1) is 21.4. The maximum atomic E-state index is 12.5. The summed E-state index contributed by atoms with van der Waals surface area (Å²) in [6.45, 7) is 2.58. The van der Waals surface area contributed by atoms with Crippen LogP contribution in [0.2, 0.25) is 0 Å². The van der Waals surface area contributed by atoms with E-state index >= 15 is 0 Å². The predicted molar refractivity (Wildman–Crippen MR) is 137 cm³/mol. The van der Waals surface area contributed by atoms with Crippen LogP contribution >= 0.6 is 23.1 Å². The van der Waals surface area contributed by atoms with Crippen LogP contribution in [0.25, 0.3) is 16.9 Å². The molecule has 0 bridgehead atoms. The van der Waals surface area contributed by atoms with Crippen molar-refractivity contribution >= 4 is 34.2 Å². The largest absolute Gasteiger partial charge is 0.287 e. The smallest absolute Gasteiger partial charge is 0.284 e. The molecule has 1 aromatic heterocycles. The number of thioether (sulfide) groups is 1. The number of aromatic nitrogens is 1. The van der Waals surface area contributed by atoms with Crippen LogP contribution in [-0.4, -0.2) is 26.3 Å². The van der Waals surface area contributed by atoms with E-state index in [2.05, 4.69) is 57.4 Å². The molecule has 0 radical (unpaired) electrons. The van der Waals surface area contributed by atoms with Gasteiger partial charge in [0.2, 0.25) is 4.80 Å². The lowest BCUT2D eigenvalue weighted by Gasteiger charge is -2.15. The second-order valence-electron chi connectivity index (χ2n) is 7.69. The van der Waals surface area contributed by atoms with Crippen molar-refractivity contribution in [1.29, 1.82) is 0 Å². The second kappa shape index (κ2) is 9.60. The summed E-state index contributed by atoms with van der Waals surface area (Å²) in [4.78, 5) is 15.0. The van der Waals surface area contributed by atoms with Crippen molar-refractivity contribution in [3.63, 3.8) is 0 Å². The van der Waals surface area contributed by atoms with Gasteiger partial charge in [-0.2, -0.15) is 0 Å². The van der Waals surface area contributed by atoms with Crippen LogP contribution in [0, 0.1) is 6.92 Å². The summed E-state index contributed by atoms with van der Waals surface area (Å²) in [6, 6.07) is 28.6. The van der Waals surface area contributed by atoms with Gasteiger partial charge in [0.05, 0.1) is 18.0 Å². The Balaban J connectivity index is 1.57. The number of benzene rings is 3. The molecule has 0 aliphatic carbocycles. The van der Waals surface area contributed by atoms with E-state index in [9.17, 15) is 4.79 Å². The van der Waals surface area contributed by atoms with E-state index in [0.717, 1.165) is 27.3 Å². The van der Waals surface area contributed by atoms with Gasteiger partial charge in [0, 0.05) is 11.1 Å². The summed E-state index contributed by atoms with van der Waals surface area (Å²) < 4.78 is 2.13. The van der Waals surface area contributed by atoms with Crippen LogP contribution in [0.5, 0.6) is 0 Å². The van der Waals surface area contributed by atoms with Gasteiger partial charge in [0.1, 0.15) is 5.84 Å². The highest BCUT2D eigenvalue weighted by Crippen LogP contribution is 2.25. The number of nitrogens with zero attached hydrogens (tertiary/aromatic N) is 4. The number of carbonyl (C=O) groups excluding carboxylic acids is 1. The highest BCUT2D eigenvalue weighted by molar-refractivity contribution is 8.14. The van der Waals surface area contributed by atoms with E-state index in [0.29, 0.717) is 18.1 Å². The third-order valence-corrected chi connectivity index (χ3v) is 7.01. The maximum absolute atomic E-state index is 12.5. The van der Waals surface area contributed by atoms with Gasteiger partial charge in [0.25, 0.3) is 5.24 Å². The van der Waals surface area contributed by atoms with E-state index in [-0.39, 0.29) is 5.24 Å². The minimum absolute atomic E-state index is 0.00974. The molecule has 0 spiro atoms. The van der Waals surface area contributed by atoms with Crippen molar-refractivity contribution in [2.45, 2.75) is 13.5 Å². The zero-order valence-electron chi connectivity index (χ0n) is 18.1. The molecule has 5 rings (SSSR count). The highest BCUT2D eigenvalue weighted by Gasteiger charge is 2.28. The fraction of sp³-hybridized carbons (Fsp3) is 0.115. The zero-order chi connectivity index (χ0) is 22.6. The third kappa shape index (κ3) is 4.69. The second-order valence-corrected chi connectivity index (χ2v) is 9.45. The molecule has 1 saturated heterocycles. The molecule has 164 valence electrons. The molecule has 3 aromatic carbocycles. The lowest BCUT2D eigenvalue weighted by atomic mass is 10.1. The molecule has 1 amide bonds. The molecule has 0 unspecified atom stereocenters. The maximum Gasteiger partial charge on any atom is 0.287 e. The number of rotatable bonds is 5. The van der Waals surface area contributed by atoms with Crippen molar-refractivity contribution in [2.75, 3.05) is 5.75 Å². The van der Waals surface area contributed by atoms with E-state index in [1.807, 2.05) is 54.6 Å². The van der Waals surface area contributed by atoms with Gasteiger partial charge in [-0.05, 0) is 35.7 Å². The van der Waals surface area contributed by atoms with Crippen molar-refractivity contribution < 1.29 is 4.79 Å². The van der Waals surface area contributed by atoms with E-state index < -0.39 is 0 Å². The van der Waals surface area contributed by atoms with Gasteiger partial charge in [-0.1, -0.05) is 84.6 Å². The monoisotopic (exact) mass is 470 g/mol. The molecule has 0 atom stereocenters. The first-order valence-electron chi connectivity index (χ1n) is 10.6. The van der Waals surface area contributed by atoms with Crippen LogP contribution < -0.4 is 4.80 Å². The Morgan fingerprint density at radius 1 is 0.909 bits per heavy atom. The van der Waals surface area contributed by atoms with Crippen LogP contribution in [0.1, 0.15) is 11.1 Å². The summed E-state index contributed by atoms with van der Waals surface area (Å²) in [6.07, 6.45) is 0. The fourth-order valence-electron chi connectivity index (χ4n) is 3.70. The standard InChI is InChI=1S/C26H22N4OS2/c1-19-9-8-14-22(15-19)30-23(21-12-6-3-7-13-21)17-32-25(30)28-27-24-18-33-26(31)29(24)16-20-10-4-2-5-11-20/h2-15,17H,16,18H2,1H3/b27-24+,28-25-. The number of thiazole rings is 1. The predicted octanol–water partition coefficient (Wildman–Crippen LogP) is 6.10. The van der Waals surface area contributed by atoms with Crippen LogP contribution in [-0.2, 0) is 6.54 Å². The fourth-order valence-corrected chi connectivity index (χ4v) is 5.35. The topological polar surface area (TPSA) is 50.0 Å². The Bertz CT molecular complexity index is 1370. The summed E-state index contributed by atoms with van der Waals surface area (Å²) in [5.41, 5.74) is 5.45. The summed E-state index contributed by atoms with van der Waals surface area (Å²) in [5, 5.41) is 11.3. The van der Waals surface area contributed by atoms with Crippen molar-refractivity contribution in [3.05, 3.63) is 106 Å². The summed E-state index contributed by atoms with van der Waals surface area (Å²) >= 11 is 2.81. The Hall–Kier alpha value is -3.42. The van der Waals surface area contributed by atoms with Gasteiger partial charge in [-0.25, -0.2) is 0 Å². The lowest BCUT2D eigenvalue weighted by Crippen LogP contribution is -2.28. The van der Waals surface area contributed by atoms with Gasteiger partial charge in [-0.15, -0.1) is 21.5 Å². The molecule has 0 N–H and O–H groups in total. The molecular formula is C26H22N4OS2. The van der Waals surface area contributed by atoms with E-state index in [1.54, 1.807) is 16.2 Å². The van der Waals surface area contributed by atoms with Crippen molar-refractivity contribution in [1.82, 2.24) is 9.47 Å². The number of hydrogen-bond donors (Lipinski definition) is 0. The molecule has 4 aromatic rings. The van der Waals surface area contributed by atoms with Crippen molar-refractivity contribution in [3.8, 4) is 16.9 Å². The average Bonchev–Trinajstić information content (AvgIpc) is 3.42. The van der Waals surface area contributed by atoms with Crippen molar-refractivity contribution in [2.24, 2.45) is 10.2 Å². The quantitative estimate of drug-likeness (QED) is 0.331. The first-order valence-corrected chi connectivity index (χ1v) is 12.5. The molecular weight excluding hydrogens is 448 g/mol. The first-order chi connectivity index (χ1) is 16.2. The summed E-state index contributed by atoms with van der Waals surface area (Å²) in [5.74, 6) is 1.20. The molecule has 0 saturated carbocycles. The molecule has 7 heteroatoms. The average molecular weight is 471 g/mol. The Morgan fingerprint density at radius 2 is 1.67 bits per heavy atom. The Labute approximate surface area is 200 Å². The molecule has 1 aliphatic rings. The molecule has 1 aliphatic heterocycles. The molecule has 5 nitrogen and oxygen atoms in total. The molecule has 33 heavy (non-hydrogen) atoms. The molecule has 2 heterocycles. The molecule has 1 fully saturated rings. The minimum Gasteiger partial charge on any atom is -0.284 e. The van der Waals surface area contributed by atoms with E-state index in [4.69, 9.17) is 0 Å². The summed E-state index contributed by atoms with van der Waals surface area (Å²) in [7, 11) is 0. The SMILES string of the molecule is Cc1cccc(-n2c(-c3ccccc3)cs/c2=N\N=C2/CSC(=O)N2Cc2ccccc2)c1. The van der Waals surface area contributed by atoms with E-state index in [1.165, 1.54) is 17.3 Å².